The van der Waals surface area contributed by atoms with Crippen LogP contribution in [-0.2, 0) is 9.63 Å². The number of carbonyl (C=O) groups is 1. The first kappa shape index (κ1) is 18.1. The molecule has 1 aromatic heterocycles. The monoisotopic (exact) mass is 348 g/mol. The highest BCUT2D eigenvalue weighted by Crippen LogP contribution is 2.28. The fourth-order valence-corrected chi connectivity index (χ4v) is 2.85. The molecule has 0 fully saturated rings. The van der Waals surface area contributed by atoms with Gasteiger partial charge < -0.3 is 10.2 Å². The fourth-order valence-electron chi connectivity index (χ4n) is 1.90. The summed E-state index contributed by atoms with van der Waals surface area (Å²) in [6.45, 7) is 6.40. The Morgan fingerprint density at radius 2 is 1.96 bits per heavy atom. The zero-order valence-electron chi connectivity index (χ0n) is 14.0. The minimum Gasteiger partial charge on any atom is -0.385 e. The third-order valence-electron chi connectivity index (χ3n) is 3.20. The largest absolute Gasteiger partial charge is 0.385 e. The molecule has 128 valence electrons. The van der Waals surface area contributed by atoms with E-state index in [1.165, 1.54) is 23.5 Å². The molecule has 0 saturated heterocycles. The maximum Gasteiger partial charge on any atom is 0.260 e. The minimum absolute atomic E-state index is 0.0970. The van der Waals surface area contributed by atoms with E-state index in [0.29, 0.717) is 18.2 Å². The van der Waals surface area contributed by atoms with E-state index in [1.54, 1.807) is 12.1 Å². The summed E-state index contributed by atoms with van der Waals surface area (Å²) in [6.07, 6.45) is 0. The van der Waals surface area contributed by atoms with Crippen molar-refractivity contribution in [3.05, 3.63) is 47.1 Å². The van der Waals surface area contributed by atoms with Gasteiger partial charge in [0.1, 0.15) is 5.82 Å². The van der Waals surface area contributed by atoms with Crippen molar-refractivity contribution in [1.82, 2.24) is 5.32 Å². The first-order valence-electron chi connectivity index (χ1n) is 7.75. The highest BCUT2D eigenvalue weighted by atomic mass is 32.1. The molecule has 0 bridgehead atoms. The second-order valence-corrected chi connectivity index (χ2v) is 6.90. The molecule has 0 aliphatic rings. The Labute approximate surface area is 145 Å². The molecule has 0 spiro atoms. The van der Waals surface area contributed by atoms with Crippen molar-refractivity contribution < 1.29 is 14.0 Å². The van der Waals surface area contributed by atoms with Crippen LogP contribution in [0.2, 0.25) is 0 Å². The SMILES string of the molecule is C/C(=N\OCC(=O)NCC(C)C)c1ccc(-c2ccc(F)cc2)s1. The average Bonchev–Trinajstić information content (AvgIpc) is 3.03. The van der Waals surface area contributed by atoms with Gasteiger partial charge in [0.05, 0.1) is 10.6 Å². The van der Waals surface area contributed by atoms with Gasteiger partial charge in [0.25, 0.3) is 5.91 Å². The van der Waals surface area contributed by atoms with Gasteiger partial charge in [-0.05, 0) is 42.7 Å². The second kappa shape index (κ2) is 8.59. The van der Waals surface area contributed by atoms with Crippen LogP contribution in [0.15, 0.2) is 41.6 Å². The van der Waals surface area contributed by atoms with Crippen LogP contribution in [0.25, 0.3) is 10.4 Å². The Bertz CT molecular complexity index is 708. The maximum absolute atomic E-state index is 13.0. The number of nitrogens with zero attached hydrogens (tertiary/aromatic N) is 1. The Morgan fingerprint density at radius 3 is 2.62 bits per heavy atom. The molecule has 1 heterocycles. The number of carbonyl (C=O) groups excluding carboxylic acids is 1. The van der Waals surface area contributed by atoms with Gasteiger partial charge in [-0.1, -0.05) is 31.1 Å². The van der Waals surface area contributed by atoms with Crippen LogP contribution in [0.1, 0.15) is 25.6 Å². The lowest BCUT2D eigenvalue weighted by molar-refractivity contribution is -0.125. The predicted octanol–water partition coefficient (Wildman–Crippen LogP) is 4.07. The molecule has 4 nitrogen and oxygen atoms in total. The Hall–Kier alpha value is -2.21. The average molecular weight is 348 g/mol. The van der Waals surface area contributed by atoms with E-state index in [4.69, 9.17) is 4.84 Å². The molecule has 6 heteroatoms. The summed E-state index contributed by atoms with van der Waals surface area (Å²) in [5, 5.41) is 6.75. The van der Waals surface area contributed by atoms with E-state index in [1.807, 2.05) is 32.9 Å². The van der Waals surface area contributed by atoms with Crippen molar-refractivity contribution in [1.29, 1.82) is 0 Å². The molecule has 0 radical (unpaired) electrons. The third-order valence-corrected chi connectivity index (χ3v) is 4.44. The van der Waals surface area contributed by atoms with Gasteiger partial charge in [-0.3, -0.25) is 4.79 Å². The normalized spacial score (nSPS) is 11.6. The minimum atomic E-state index is -0.252. The van der Waals surface area contributed by atoms with E-state index in [-0.39, 0.29) is 18.3 Å². The van der Waals surface area contributed by atoms with Crippen LogP contribution < -0.4 is 5.32 Å². The summed E-state index contributed by atoms with van der Waals surface area (Å²) in [5.41, 5.74) is 1.65. The molecular formula is C18H21FN2O2S. The lowest BCUT2D eigenvalue weighted by Crippen LogP contribution is -2.30. The van der Waals surface area contributed by atoms with E-state index < -0.39 is 0 Å². The van der Waals surface area contributed by atoms with Crippen molar-refractivity contribution in [2.24, 2.45) is 11.1 Å². The zero-order valence-corrected chi connectivity index (χ0v) is 14.8. The van der Waals surface area contributed by atoms with Gasteiger partial charge in [-0.25, -0.2) is 4.39 Å². The van der Waals surface area contributed by atoms with Crippen LogP contribution in [0.4, 0.5) is 4.39 Å². The molecular weight excluding hydrogens is 327 g/mol. The molecule has 0 unspecified atom stereocenters. The first-order valence-corrected chi connectivity index (χ1v) is 8.56. The zero-order chi connectivity index (χ0) is 17.5. The first-order chi connectivity index (χ1) is 11.5. The molecule has 1 N–H and O–H groups in total. The number of rotatable bonds is 7. The van der Waals surface area contributed by atoms with Crippen LogP contribution in [0.3, 0.4) is 0 Å². The fraction of sp³-hybridized carbons (Fsp3) is 0.333. The number of halogens is 1. The van der Waals surface area contributed by atoms with Crippen LogP contribution >= 0.6 is 11.3 Å². The van der Waals surface area contributed by atoms with Crippen LogP contribution in [0.5, 0.6) is 0 Å². The smallest absolute Gasteiger partial charge is 0.260 e. The van der Waals surface area contributed by atoms with Crippen molar-refractivity contribution in [3.8, 4) is 10.4 Å². The van der Waals surface area contributed by atoms with Crippen molar-refractivity contribution in [2.45, 2.75) is 20.8 Å². The number of thiophene rings is 1. The second-order valence-electron chi connectivity index (χ2n) is 5.82. The maximum atomic E-state index is 13.0. The van der Waals surface area contributed by atoms with Crippen molar-refractivity contribution in [3.63, 3.8) is 0 Å². The quantitative estimate of drug-likeness (QED) is 0.606. The molecule has 0 aliphatic heterocycles. The molecule has 1 aromatic carbocycles. The Morgan fingerprint density at radius 1 is 1.25 bits per heavy atom. The number of hydrogen-bond acceptors (Lipinski definition) is 4. The van der Waals surface area contributed by atoms with Gasteiger partial charge in [0.15, 0.2) is 6.61 Å². The van der Waals surface area contributed by atoms with Gasteiger partial charge >= 0.3 is 0 Å². The molecule has 2 rings (SSSR count). The predicted molar refractivity (Wildman–Crippen MR) is 95.7 cm³/mol. The highest BCUT2D eigenvalue weighted by molar-refractivity contribution is 7.17. The van der Waals surface area contributed by atoms with Crippen molar-refractivity contribution >= 4 is 23.0 Å². The molecule has 1 amide bonds. The summed E-state index contributed by atoms with van der Waals surface area (Å²) < 4.78 is 13.0. The van der Waals surface area contributed by atoms with Crippen LogP contribution in [0, 0.1) is 11.7 Å². The molecule has 0 aliphatic carbocycles. The highest BCUT2D eigenvalue weighted by Gasteiger charge is 2.07. The lowest BCUT2D eigenvalue weighted by atomic mass is 10.2. The number of benzene rings is 1. The Balaban J connectivity index is 1.91. The standard InChI is InChI=1S/C18H21FN2O2S/c1-12(2)10-20-18(22)11-23-21-13(3)16-8-9-17(24-16)14-4-6-15(19)7-5-14/h4-9,12H,10-11H2,1-3H3,(H,20,22)/b21-13+. The van der Waals surface area contributed by atoms with Crippen LogP contribution in [-0.4, -0.2) is 24.8 Å². The summed E-state index contributed by atoms with van der Waals surface area (Å²) in [6, 6.07) is 10.3. The van der Waals surface area contributed by atoms with Gasteiger partial charge in [0, 0.05) is 11.4 Å². The summed E-state index contributed by atoms with van der Waals surface area (Å²) in [4.78, 5) is 18.6. The Kier molecular flexibility index (Phi) is 6.49. The van der Waals surface area contributed by atoms with E-state index >= 15 is 0 Å². The number of nitrogens with one attached hydrogen (secondary N) is 1. The van der Waals surface area contributed by atoms with E-state index in [0.717, 1.165) is 15.3 Å². The molecule has 0 atom stereocenters. The lowest BCUT2D eigenvalue weighted by Gasteiger charge is -2.06. The molecule has 24 heavy (non-hydrogen) atoms. The summed E-state index contributed by atoms with van der Waals surface area (Å²) >= 11 is 1.54. The topological polar surface area (TPSA) is 50.7 Å². The molecule has 0 saturated carbocycles. The molecule has 2 aromatic rings. The number of hydrogen-bond donors (Lipinski definition) is 1. The van der Waals surface area contributed by atoms with E-state index in [2.05, 4.69) is 10.5 Å². The van der Waals surface area contributed by atoms with Gasteiger partial charge in [-0.15, -0.1) is 11.3 Å². The summed E-state index contributed by atoms with van der Waals surface area (Å²) in [7, 11) is 0. The van der Waals surface area contributed by atoms with Gasteiger partial charge in [-0.2, -0.15) is 0 Å². The number of oxime groups is 1. The van der Waals surface area contributed by atoms with E-state index in [9.17, 15) is 9.18 Å². The number of amides is 1. The third kappa shape index (κ3) is 5.45. The van der Waals surface area contributed by atoms with Gasteiger partial charge in [0.2, 0.25) is 0 Å². The summed E-state index contributed by atoms with van der Waals surface area (Å²) in [5.74, 6) is -0.0361. The van der Waals surface area contributed by atoms with Crippen molar-refractivity contribution in [2.75, 3.05) is 13.2 Å².